The van der Waals surface area contributed by atoms with Gasteiger partial charge in [0.05, 0.1) is 5.02 Å². The number of hydrogen-bond acceptors (Lipinski definition) is 5. The van der Waals surface area contributed by atoms with Gasteiger partial charge in [-0.2, -0.15) is 0 Å². The second-order valence-corrected chi connectivity index (χ2v) is 13.6. The minimum absolute atomic E-state index is 0.596. The number of para-hydroxylation sites is 1. The van der Waals surface area contributed by atoms with Crippen molar-refractivity contribution in [2.75, 3.05) is 0 Å². The van der Waals surface area contributed by atoms with Crippen molar-refractivity contribution in [3.63, 3.8) is 0 Å². The molecular weight excluding hydrogens is 642 g/mol. The van der Waals surface area contributed by atoms with Crippen molar-refractivity contribution in [2.24, 2.45) is 0 Å². The Labute approximate surface area is 289 Å². The number of halogens is 1. The molecule has 0 N–H and O–H groups in total. The molecule has 0 atom stereocenters. The van der Waals surface area contributed by atoms with E-state index in [1.807, 2.05) is 54.6 Å². The van der Waals surface area contributed by atoms with Crippen molar-refractivity contribution < 1.29 is 4.42 Å². The van der Waals surface area contributed by atoms with E-state index in [9.17, 15) is 0 Å². The number of rotatable bonds is 4. The van der Waals surface area contributed by atoms with E-state index in [1.165, 1.54) is 20.2 Å². The molecule has 0 aliphatic carbocycles. The topological polar surface area (TPSA) is 51.8 Å². The van der Waals surface area contributed by atoms with E-state index in [0.29, 0.717) is 28.1 Å². The molecule has 0 unspecified atom stereocenters. The second-order valence-electron chi connectivity index (χ2n) is 12.1. The first-order chi connectivity index (χ1) is 24.2. The van der Waals surface area contributed by atoms with E-state index in [1.54, 1.807) is 11.3 Å². The fourth-order valence-electron chi connectivity index (χ4n) is 6.92. The highest BCUT2D eigenvalue weighted by molar-refractivity contribution is 7.25. The third kappa shape index (κ3) is 4.62. The lowest BCUT2D eigenvalue weighted by Gasteiger charge is -2.13. The predicted octanol–water partition coefficient (Wildman–Crippen LogP) is 12.6. The number of nitrogens with zero attached hydrogens (tertiary/aromatic N) is 3. The molecule has 0 fully saturated rings. The third-order valence-corrected chi connectivity index (χ3v) is 10.6. The highest BCUT2D eigenvalue weighted by Crippen LogP contribution is 2.43. The summed E-state index contributed by atoms with van der Waals surface area (Å²) in [5.41, 5.74) is 6.40. The van der Waals surface area contributed by atoms with Gasteiger partial charge < -0.3 is 4.42 Å². The molecule has 10 aromatic rings. The molecule has 4 nitrogen and oxygen atoms in total. The van der Waals surface area contributed by atoms with Crippen molar-refractivity contribution in [2.45, 2.75) is 0 Å². The van der Waals surface area contributed by atoms with Crippen LogP contribution in [0.4, 0.5) is 0 Å². The van der Waals surface area contributed by atoms with Crippen molar-refractivity contribution >= 4 is 75.8 Å². The molecule has 0 amide bonds. The van der Waals surface area contributed by atoms with Crippen LogP contribution in [0.5, 0.6) is 0 Å². The summed E-state index contributed by atoms with van der Waals surface area (Å²) in [4.78, 5) is 15.3. The highest BCUT2D eigenvalue weighted by atomic mass is 35.5. The largest absolute Gasteiger partial charge is 0.454 e. The van der Waals surface area contributed by atoms with Gasteiger partial charge in [-0.1, -0.05) is 121 Å². The first-order valence-electron chi connectivity index (χ1n) is 16.0. The summed E-state index contributed by atoms with van der Waals surface area (Å²) in [5, 5.41) is 7.33. The van der Waals surface area contributed by atoms with E-state index >= 15 is 0 Å². The zero-order chi connectivity index (χ0) is 32.5. The summed E-state index contributed by atoms with van der Waals surface area (Å²) in [6.07, 6.45) is 0. The van der Waals surface area contributed by atoms with Gasteiger partial charge >= 0.3 is 0 Å². The third-order valence-electron chi connectivity index (χ3n) is 9.19. The molecule has 7 aromatic carbocycles. The van der Waals surface area contributed by atoms with Crippen molar-refractivity contribution in [3.05, 3.63) is 151 Å². The van der Waals surface area contributed by atoms with E-state index in [0.717, 1.165) is 54.9 Å². The molecule has 49 heavy (non-hydrogen) atoms. The van der Waals surface area contributed by atoms with Crippen LogP contribution in [0.3, 0.4) is 0 Å². The Morgan fingerprint density at radius 3 is 2.04 bits per heavy atom. The van der Waals surface area contributed by atoms with Gasteiger partial charge in [0.15, 0.2) is 23.1 Å². The molecule has 0 saturated carbocycles. The number of thiophene rings is 1. The first-order valence-corrected chi connectivity index (χ1v) is 17.2. The Morgan fingerprint density at radius 2 is 1.16 bits per heavy atom. The normalized spacial score (nSPS) is 11.8. The summed E-state index contributed by atoms with van der Waals surface area (Å²) < 4.78 is 8.76. The molecule has 0 aliphatic rings. The van der Waals surface area contributed by atoms with Gasteiger partial charge in [0, 0.05) is 47.6 Å². The summed E-state index contributed by atoms with van der Waals surface area (Å²) >= 11 is 8.38. The molecule has 0 spiro atoms. The Bertz CT molecular complexity index is 2910. The zero-order valence-corrected chi connectivity index (χ0v) is 27.5. The van der Waals surface area contributed by atoms with Crippen LogP contribution in [0, 0.1) is 0 Å². The lowest BCUT2D eigenvalue weighted by molar-refractivity contribution is 0.669. The van der Waals surface area contributed by atoms with Crippen LogP contribution >= 0.6 is 22.9 Å². The average Bonchev–Trinajstić information content (AvgIpc) is 3.74. The molecule has 0 saturated heterocycles. The maximum absolute atomic E-state index is 6.59. The van der Waals surface area contributed by atoms with Crippen molar-refractivity contribution in [1.29, 1.82) is 0 Å². The minimum Gasteiger partial charge on any atom is -0.454 e. The molecule has 0 aliphatic heterocycles. The van der Waals surface area contributed by atoms with Crippen molar-refractivity contribution in [1.82, 2.24) is 15.0 Å². The summed E-state index contributed by atoms with van der Waals surface area (Å²) in [7, 11) is 0. The van der Waals surface area contributed by atoms with Gasteiger partial charge in [-0.25, -0.2) is 15.0 Å². The first kappa shape index (κ1) is 28.2. The zero-order valence-electron chi connectivity index (χ0n) is 25.9. The quantitative estimate of drug-likeness (QED) is 0.188. The molecule has 10 rings (SSSR count). The van der Waals surface area contributed by atoms with Gasteiger partial charge in [-0.15, -0.1) is 11.3 Å². The van der Waals surface area contributed by atoms with E-state index in [2.05, 4.69) is 91.0 Å². The van der Waals surface area contributed by atoms with Crippen LogP contribution < -0.4 is 0 Å². The lowest BCUT2D eigenvalue weighted by atomic mass is 9.92. The number of furan rings is 1. The van der Waals surface area contributed by atoms with Crippen LogP contribution in [0.25, 0.3) is 98.2 Å². The molecular formula is C43H24ClN3OS. The van der Waals surface area contributed by atoms with E-state index in [4.69, 9.17) is 31.0 Å². The number of fused-ring (bicyclic) bond motifs is 7. The maximum atomic E-state index is 6.59. The van der Waals surface area contributed by atoms with Crippen molar-refractivity contribution in [3.8, 4) is 45.3 Å². The number of hydrogen-bond donors (Lipinski definition) is 0. The molecule has 0 radical (unpaired) electrons. The van der Waals surface area contributed by atoms with E-state index in [-0.39, 0.29) is 0 Å². The van der Waals surface area contributed by atoms with Crippen LogP contribution in [0.1, 0.15) is 0 Å². The van der Waals surface area contributed by atoms with Gasteiger partial charge in [-0.3, -0.25) is 0 Å². The predicted molar refractivity (Wildman–Crippen MR) is 204 cm³/mol. The van der Waals surface area contributed by atoms with Gasteiger partial charge in [0.25, 0.3) is 0 Å². The standard InChI is InChI=1S/C43H24ClN3OS/c44-35-17-8-16-33-39-32(15-9-18-36(39)48-40(33)35)34-23-28(22-26-12-4-5-13-29(26)34)43-46-41(25-10-2-1-3-11-25)45-42(47-43)27-20-21-31-30-14-6-7-19-37(30)49-38(31)24-27/h1-24H. The lowest BCUT2D eigenvalue weighted by Crippen LogP contribution is -2.00. The molecule has 3 heterocycles. The highest BCUT2D eigenvalue weighted by Gasteiger charge is 2.19. The van der Waals surface area contributed by atoms with Crippen LogP contribution in [-0.2, 0) is 0 Å². The minimum atomic E-state index is 0.596. The van der Waals surface area contributed by atoms with Crippen LogP contribution in [0.15, 0.2) is 150 Å². The van der Waals surface area contributed by atoms with Gasteiger partial charge in [-0.05, 0) is 58.3 Å². The monoisotopic (exact) mass is 665 g/mol. The van der Waals surface area contributed by atoms with Gasteiger partial charge in [0.1, 0.15) is 5.58 Å². The Hall–Kier alpha value is -5.88. The second kappa shape index (κ2) is 11.1. The Morgan fingerprint density at radius 1 is 0.469 bits per heavy atom. The molecule has 6 heteroatoms. The van der Waals surface area contributed by atoms with Crippen LogP contribution in [-0.4, -0.2) is 15.0 Å². The summed E-state index contributed by atoms with van der Waals surface area (Å²) in [5.74, 6) is 1.87. The molecule has 0 bridgehead atoms. The molecule has 3 aromatic heterocycles. The molecule has 230 valence electrons. The fourth-order valence-corrected chi connectivity index (χ4v) is 8.27. The summed E-state index contributed by atoms with van der Waals surface area (Å²) in [6, 6.07) is 50.1. The Kier molecular flexibility index (Phi) is 6.38. The fraction of sp³-hybridized carbons (Fsp3) is 0. The number of aromatic nitrogens is 3. The van der Waals surface area contributed by atoms with E-state index < -0.39 is 0 Å². The maximum Gasteiger partial charge on any atom is 0.164 e. The smallest absolute Gasteiger partial charge is 0.164 e. The number of benzene rings is 7. The summed E-state index contributed by atoms with van der Waals surface area (Å²) in [6.45, 7) is 0. The van der Waals surface area contributed by atoms with Crippen LogP contribution in [0.2, 0.25) is 5.02 Å². The van der Waals surface area contributed by atoms with Gasteiger partial charge in [0.2, 0.25) is 0 Å². The Balaban J connectivity index is 1.22. The SMILES string of the molecule is Clc1cccc2c1oc1cccc(-c3cc(-c4nc(-c5ccccc5)nc(-c5ccc6c(c5)sc5ccccc56)n4)cc4ccccc34)c12. The average molecular weight is 666 g/mol.